The third kappa shape index (κ3) is 5.37. The predicted molar refractivity (Wildman–Crippen MR) is 124 cm³/mol. The second-order valence-electron chi connectivity index (χ2n) is 8.95. The van der Waals surface area contributed by atoms with Gasteiger partial charge in [0.05, 0.1) is 20.0 Å². The number of amides is 1. The van der Waals surface area contributed by atoms with E-state index in [-0.39, 0.29) is 54.8 Å². The summed E-state index contributed by atoms with van der Waals surface area (Å²) in [6.45, 7) is 2.31. The van der Waals surface area contributed by atoms with Crippen LogP contribution in [0.1, 0.15) is 36.8 Å². The maximum absolute atomic E-state index is 12.1. The number of furan rings is 1. The van der Waals surface area contributed by atoms with Crippen molar-refractivity contribution < 1.29 is 58.5 Å². The first-order chi connectivity index (χ1) is 17.7. The molecule has 37 heavy (non-hydrogen) atoms. The monoisotopic (exact) mass is 525 g/mol. The lowest BCUT2D eigenvalue weighted by molar-refractivity contribution is -0.310. The Kier molecular flexibility index (Phi) is 8.21. The minimum atomic E-state index is -2.17. The zero-order chi connectivity index (χ0) is 26.9. The summed E-state index contributed by atoms with van der Waals surface area (Å²) in [5.41, 5.74) is 1.47. The zero-order valence-corrected chi connectivity index (χ0v) is 20.3. The van der Waals surface area contributed by atoms with E-state index in [2.05, 4.69) is 5.32 Å². The van der Waals surface area contributed by atoms with Gasteiger partial charge in [-0.05, 0) is 25.0 Å². The summed E-state index contributed by atoms with van der Waals surface area (Å²) in [4.78, 5) is 23.9. The number of aliphatic hydroxyl groups is 5. The van der Waals surface area contributed by atoms with Gasteiger partial charge in [0.25, 0.3) is 0 Å². The molecule has 0 aliphatic carbocycles. The van der Waals surface area contributed by atoms with Crippen LogP contribution >= 0.6 is 0 Å². The summed E-state index contributed by atoms with van der Waals surface area (Å²) in [6.07, 6.45) is -8.99. The Balaban J connectivity index is 1.76. The number of hydrogen-bond donors (Lipinski definition) is 6. The molecule has 0 radical (unpaired) electrons. The molecule has 3 heterocycles. The van der Waals surface area contributed by atoms with Crippen molar-refractivity contribution >= 4 is 22.8 Å². The van der Waals surface area contributed by atoms with Crippen LogP contribution < -0.4 is 14.8 Å². The number of ether oxygens (including phenoxy) is 4. The zero-order valence-electron chi connectivity index (χ0n) is 20.3. The summed E-state index contributed by atoms with van der Waals surface area (Å²) in [5.74, 6) is -0.577. The lowest BCUT2D eigenvalue weighted by Gasteiger charge is -2.41. The largest absolute Gasteiger partial charge is 0.490 e. The molecule has 6 atom stereocenters. The van der Waals surface area contributed by atoms with E-state index in [0.717, 1.165) is 5.56 Å². The van der Waals surface area contributed by atoms with Crippen LogP contribution in [-0.2, 0) is 25.5 Å². The van der Waals surface area contributed by atoms with E-state index in [9.17, 15) is 35.1 Å². The molecule has 13 heteroatoms. The summed E-state index contributed by atoms with van der Waals surface area (Å²) in [7, 11) is 1.36. The van der Waals surface area contributed by atoms with E-state index >= 15 is 0 Å². The van der Waals surface area contributed by atoms with Gasteiger partial charge in [-0.15, -0.1) is 0 Å². The number of benzene rings is 1. The average molecular weight is 526 g/mol. The molecular formula is C24H31NO12. The molecule has 1 aromatic carbocycles. The summed E-state index contributed by atoms with van der Waals surface area (Å²) in [6, 6.07) is 1.72. The van der Waals surface area contributed by atoms with E-state index in [1.54, 1.807) is 13.0 Å². The molecule has 4 rings (SSSR count). The number of carbonyl (C=O) groups is 2. The van der Waals surface area contributed by atoms with Crippen LogP contribution in [-0.4, -0.2) is 94.7 Å². The van der Waals surface area contributed by atoms with Gasteiger partial charge in [0.1, 0.15) is 24.4 Å². The molecule has 2 aliphatic rings. The van der Waals surface area contributed by atoms with Gasteiger partial charge in [-0.2, -0.15) is 0 Å². The van der Waals surface area contributed by atoms with Crippen LogP contribution in [0.3, 0.4) is 0 Å². The first-order valence-corrected chi connectivity index (χ1v) is 11.9. The van der Waals surface area contributed by atoms with Gasteiger partial charge in [-0.1, -0.05) is 0 Å². The van der Waals surface area contributed by atoms with Crippen molar-refractivity contribution in [2.75, 3.05) is 20.3 Å². The number of methoxy groups -OCH3 is 1. The van der Waals surface area contributed by atoms with Crippen LogP contribution in [0.4, 0.5) is 0 Å². The average Bonchev–Trinajstić information content (AvgIpc) is 3.48. The van der Waals surface area contributed by atoms with Crippen molar-refractivity contribution in [2.24, 2.45) is 0 Å². The predicted octanol–water partition coefficient (Wildman–Crippen LogP) is -0.962. The molecule has 0 unspecified atom stereocenters. The van der Waals surface area contributed by atoms with Crippen LogP contribution in [0.25, 0.3) is 11.0 Å². The molecule has 13 nitrogen and oxygen atoms in total. The number of nitrogens with one attached hydrogen (secondary N) is 1. The molecule has 2 saturated heterocycles. The maximum atomic E-state index is 12.1. The molecule has 204 valence electrons. The third-order valence-electron chi connectivity index (χ3n) is 6.54. The fourth-order valence-corrected chi connectivity index (χ4v) is 4.64. The second-order valence-corrected chi connectivity index (χ2v) is 8.95. The lowest BCUT2D eigenvalue weighted by Crippen LogP contribution is -2.62. The SMILES string of the molecule is CCOC(=O)CCc1cc2c([C@H]3CNC(=O)C3)coc2c(OC)c1O[C@H]1O[C@H](C(O)O)[C@@H](O)[C@H](O)[C@H]1O. The van der Waals surface area contributed by atoms with Gasteiger partial charge < -0.3 is 54.2 Å². The molecule has 2 aromatic rings. The fourth-order valence-electron chi connectivity index (χ4n) is 4.64. The Morgan fingerprint density at radius 3 is 2.57 bits per heavy atom. The van der Waals surface area contributed by atoms with E-state index < -0.39 is 43.0 Å². The molecular weight excluding hydrogens is 494 g/mol. The van der Waals surface area contributed by atoms with Gasteiger partial charge in [0, 0.05) is 36.3 Å². The first-order valence-electron chi connectivity index (χ1n) is 11.9. The van der Waals surface area contributed by atoms with Gasteiger partial charge in [0.15, 0.2) is 17.6 Å². The Bertz CT molecular complexity index is 1130. The Morgan fingerprint density at radius 1 is 1.19 bits per heavy atom. The lowest BCUT2D eigenvalue weighted by atomic mass is 9.95. The first kappa shape index (κ1) is 27.1. The van der Waals surface area contributed by atoms with Crippen LogP contribution in [0, 0.1) is 0 Å². The minimum Gasteiger partial charge on any atom is -0.490 e. The van der Waals surface area contributed by atoms with Gasteiger partial charge in [-0.25, -0.2) is 0 Å². The highest BCUT2D eigenvalue weighted by Crippen LogP contribution is 2.45. The number of fused-ring (bicyclic) bond motifs is 1. The quantitative estimate of drug-likeness (QED) is 0.173. The summed E-state index contributed by atoms with van der Waals surface area (Å²) < 4.78 is 27.7. The molecule has 0 bridgehead atoms. The van der Waals surface area contributed by atoms with Crippen LogP contribution in [0.15, 0.2) is 16.7 Å². The molecule has 2 fully saturated rings. The Hall–Kier alpha value is -2.94. The number of rotatable bonds is 9. The van der Waals surface area contributed by atoms with Crippen molar-refractivity contribution in [3.63, 3.8) is 0 Å². The summed E-state index contributed by atoms with van der Waals surface area (Å²) in [5, 5.41) is 53.3. The highest BCUT2D eigenvalue weighted by Gasteiger charge is 2.48. The number of esters is 1. The topological polar surface area (TPSA) is 197 Å². The van der Waals surface area contributed by atoms with Gasteiger partial charge >= 0.3 is 5.97 Å². The third-order valence-corrected chi connectivity index (χ3v) is 6.54. The van der Waals surface area contributed by atoms with Crippen molar-refractivity contribution in [3.05, 3.63) is 23.5 Å². The molecule has 0 spiro atoms. The van der Waals surface area contributed by atoms with Crippen molar-refractivity contribution in [2.45, 2.75) is 69.1 Å². The molecule has 6 N–H and O–H groups in total. The Morgan fingerprint density at radius 2 is 1.95 bits per heavy atom. The maximum Gasteiger partial charge on any atom is 0.306 e. The van der Waals surface area contributed by atoms with E-state index in [0.29, 0.717) is 17.5 Å². The summed E-state index contributed by atoms with van der Waals surface area (Å²) >= 11 is 0. The highest BCUT2D eigenvalue weighted by molar-refractivity contribution is 5.92. The van der Waals surface area contributed by atoms with E-state index in [4.69, 9.17) is 23.4 Å². The molecule has 1 aromatic heterocycles. The van der Waals surface area contributed by atoms with Crippen LogP contribution in [0.5, 0.6) is 11.5 Å². The number of hydrogen-bond acceptors (Lipinski definition) is 12. The molecule has 0 saturated carbocycles. The number of carbonyl (C=O) groups excluding carboxylic acids is 2. The van der Waals surface area contributed by atoms with Crippen molar-refractivity contribution in [1.82, 2.24) is 5.32 Å². The smallest absolute Gasteiger partial charge is 0.306 e. The number of aliphatic hydroxyl groups excluding tert-OH is 4. The van der Waals surface area contributed by atoms with E-state index in [1.165, 1.54) is 13.4 Å². The molecule has 1 amide bonds. The number of aryl methyl sites for hydroxylation is 1. The van der Waals surface area contributed by atoms with E-state index in [1.807, 2.05) is 0 Å². The van der Waals surface area contributed by atoms with Gasteiger partial charge in [-0.3, -0.25) is 9.59 Å². The standard InChI is InChI=1S/C24H31NO12/c1-3-34-15(27)5-4-10-6-12-13(11-7-14(26)25-8-11)9-35-20(12)22(33-2)19(10)36-24-18(30)16(28)17(29)21(37-24)23(31)32/h6,9,11,16-18,21,23-24,28-32H,3-5,7-8H2,1-2H3,(H,25,26)/t11-,16+,17+,18-,21+,24+/m1/s1. The fraction of sp³-hybridized carbons (Fsp3) is 0.583. The minimum absolute atomic E-state index is 0.0136. The van der Waals surface area contributed by atoms with Gasteiger partial charge in [0.2, 0.25) is 17.9 Å². The molecule has 2 aliphatic heterocycles. The second kappa shape index (κ2) is 11.2. The highest BCUT2D eigenvalue weighted by atomic mass is 16.7. The van der Waals surface area contributed by atoms with Crippen molar-refractivity contribution in [3.8, 4) is 11.5 Å². The Labute approximate surface area is 211 Å². The van der Waals surface area contributed by atoms with Crippen molar-refractivity contribution in [1.29, 1.82) is 0 Å². The normalized spacial score (nSPS) is 27.9. The van der Waals surface area contributed by atoms with Crippen LogP contribution in [0.2, 0.25) is 0 Å².